The van der Waals surface area contributed by atoms with Crippen molar-refractivity contribution in [2.75, 3.05) is 5.33 Å². The number of benzene rings is 1. The van der Waals surface area contributed by atoms with E-state index in [0.717, 1.165) is 5.56 Å². The van der Waals surface area contributed by atoms with Gasteiger partial charge in [0.1, 0.15) is 0 Å². The quantitative estimate of drug-likeness (QED) is 0.816. The van der Waals surface area contributed by atoms with E-state index < -0.39 is 6.10 Å². The Balaban J connectivity index is 3.00. The van der Waals surface area contributed by atoms with Crippen LogP contribution in [0.4, 0.5) is 0 Å². The molecule has 0 spiro atoms. The first-order valence-electron chi connectivity index (χ1n) is 3.33. The standard InChI is InChI=1S/C8H7BrCl2O/c9-4-8(12)5-1-6(10)3-7(11)2-5/h1-3,8,12H,4H2. The van der Waals surface area contributed by atoms with Gasteiger partial charge in [-0.15, -0.1) is 0 Å². The Morgan fingerprint density at radius 3 is 2.17 bits per heavy atom. The smallest absolute Gasteiger partial charge is 0.0887 e. The Hall–Kier alpha value is 0.240. The molecule has 0 aromatic heterocycles. The molecule has 0 amide bonds. The number of hydrogen-bond donors (Lipinski definition) is 1. The summed E-state index contributed by atoms with van der Waals surface area (Å²) in [5.41, 5.74) is 0.726. The minimum atomic E-state index is -0.554. The first-order valence-corrected chi connectivity index (χ1v) is 5.21. The average molecular weight is 270 g/mol. The van der Waals surface area contributed by atoms with E-state index in [4.69, 9.17) is 23.2 Å². The molecule has 0 saturated carbocycles. The Labute approximate surface area is 89.4 Å². The summed E-state index contributed by atoms with van der Waals surface area (Å²) in [5.74, 6) is 0. The van der Waals surface area contributed by atoms with Gasteiger partial charge in [0.15, 0.2) is 0 Å². The van der Waals surface area contributed by atoms with Gasteiger partial charge in [-0.25, -0.2) is 0 Å². The second-order valence-corrected chi connectivity index (χ2v) is 3.89. The minimum absolute atomic E-state index is 0.476. The van der Waals surface area contributed by atoms with Crippen molar-refractivity contribution < 1.29 is 5.11 Å². The zero-order valence-corrected chi connectivity index (χ0v) is 9.20. The van der Waals surface area contributed by atoms with E-state index >= 15 is 0 Å². The molecular formula is C8H7BrCl2O. The fourth-order valence-corrected chi connectivity index (χ4v) is 1.77. The van der Waals surface area contributed by atoms with Gasteiger partial charge in [-0.05, 0) is 23.8 Å². The predicted molar refractivity (Wildman–Crippen MR) is 55.2 cm³/mol. The second-order valence-electron chi connectivity index (χ2n) is 2.37. The summed E-state index contributed by atoms with van der Waals surface area (Å²) < 4.78 is 0. The highest BCUT2D eigenvalue weighted by Gasteiger charge is 2.06. The highest BCUT2D eigenvalue weighted by molar-refractivity contribution is 9.09. The molecule has 4 heteroatoms. The van der Waals surface area contributed by atoms with E-state index in [9.17, 15) is 5.11 Å². The van der Waals surface area contributed by atoms with Gasteiger partial charge >= 0.3 is 0 Å². The molecule has 1 unspecified atom stereocenters. The third-order valence-electron chi connectivity index (χ3n) is 1.42. The normalized spacial score (nSPS) is 13.0. The Bertz CT molecular complexity index is 258. The molecular weight excluding hydrogens is 263 g/mol. The lowest BCUT2D eigenvalue weighted by atomic mass is 10.1. The molecule has 0 aliphatic rings. The van der Waals surface area contributed by atoms with Crippen molar-refractivity contribution in [1.29, 1.82) is 0 Å². The van der Waals surface area contributed by atoms with E-state index in [0.29, 0.717) is 15.4 Å². The van der Waals surface area contributed by atoms with Gasteiger partial charge in [0.05, 0.1) is 6.10 Å². The van der Waals surface area contributed by atoms with Crippen molar-refractivity contribution in [3.05, 3.63) is 33.8 Å². The molecule has 1 rings (SSSR count). The summed E-state index contributed by atoms with van der Waals surface area (Å²) in [5, 5.41) is 11.0. The first kappa shape index (κ1) is 10.3. The lowest BCUT2D eigenvalue weighted by molar-refractivity contribution is 0.205. The van der Waals surface area contributed by atoms with Gasteiger partial charge in [-0.2, -0.15) is 0 Å². The maximum atomic E-state index is 9.41. The van der Waals surface area contributed by atoms with Gasteiger partial charge < -0.3 is 5.11 Å². The van der Waals surface area contributed by atoms with Gasteiger partial charge in [-0.1, -0.05) is 39.1 Å². The van der Waals surface area contributed by atoms with Crippen LogP contribution in [-0.4, -0.2) is 10.4 Å². The molecule has 0 saturated heterocycles. The van der Waals surface area contributed by atoms with Crippen molar-refractivity contribution >= 4 is 39.1 Å². The average Bonchev–Trinajstić information content (AvgIpc) is 2.01. The summed E-state index contributed by atoms with van der Waals surface area (Å²) in [7, 11) is 0. The molecule has 12 heavy (non-hydrogen) atoms. The molecule has 66 valence electrons. The van der Waals surface area contributed by atoms with Crippen molar-refractivity contribution in [2.45, 2.75) is 6.10 Å². The Morgan fingerprint density at radius 2 is 1.75 bits per heavy atom. The summed E-state index contributed by atoms with van der Waals surface area (Å²) in [4.78, 5) is 0. The lowest BCUT2D eigenvalue weighted by Gasteiger charge is -2.07. The molecule has 0 aliphatic carbocycles. The number of alkyl halides is 1. The topological polar surface area (TPSA) is 20.2 Å². The van der Waals surface area contributed by atoms with Gasteiger partial charge in [0.2, 0.25) is 0 Å². The van der Waals surface area contributed by atoms with Crippen LogP contribution in [0.5, 0.6) is 0 Å². The Kier molecular flexibility index (Phi) is 3.84. The fourth-order valence-electron chi connectivity index (χ4n) is 0.857. The van der Waals surface area contributed by atoms with E-state index in [-0.39, 0.29) is 0 Å². The van der Waals surface area contributed by atoms with Crippen LogP contribution < -0.4 is 0 Å². The van der Waals surface area contributed by atoms with Gasteiger partial charge in [0.25, 0.3) is 0 Å². The van der Waals surface area contributed by atoms with Crippen molar-refractivity contribution in [3.63, 3.8) is 0 Å². The van der Waals surface area contributed by atoms with Gasteiger partial charge in [0, 0.05) is 15.4 Å². The van der Waals surface area contributed by atoms with Crippen LogP contribution in [0.2, 0.25) is 10.0 Å². The van der Waals surface area contributed by atoms with Crippen molar-refractivity contribution in [2.24, 2.45) is 0 Å². The summed E-state index contributed by atoms with van der Waals surface area (Å²) in [6.07, 6.45) is -0.554. The molecule has 0 fully saturated rings. The molecule has 1 N–H and O–H groups in total. The van der Waals surface area contributed by atoms with Crippen LogP contribution in [-0.2, 0) is 0 Å². The molecule has 0 heterocycles. The first-order chi connectivity index (χ1) is 5.63. The van der Waals surface area contributed by atoms with Crippen LogP contribution in [0.3, 0.4) is 0 Å². The van der Waals surface area contributed by atoms with E-state index in [2.05, 4.69) is 15.9 Å². The SMILES string of the molecule is OC(CBr)c1cc(Cl)cc(Cl)c1. The number of aliphatic hydroxyl groups is 1. The predicted octanol–water partition coefficient (Wildman–Crippen LogP) is 3.42. The highest BCUT2D eigenvalue weighted by atomic mass is 79.9. The zero-order chi connectivity index (χ0) is 9.14. The molecule has 0 bridgehead atoms. The molecule has 0 radical (unpaired) electrons. The largest absolute Gasteiger partial charge is 0.388 e. The fraction of sp³-hybridized carbons (Fsp3) is 0.250. The highest BCUT2D eigenvalue weighted by Crippen LogP contribution is 2.24. The number of hydrogen-bond acceptors (Lipinski definition) is 1. The maximum Gasteiger partial charge on any atom is 0.0887 e. The van der Waals surface area contributed by atoms with Crippen LogP contribution >= 0.6 is 39.1 Å². The van der Waals surface area contributed by atoms with Crippen molar-refractivity contribution in [1.82, 2.24) is 0 Å². The zero-order valence-electron chi connectivity index (χ0n) is 6.10. The lowest BCUT2D eigenvalue weighted by Crippen LogP contribution is -1.97. The molecule has 1 nitrogen and oxygen atoms in total. The maximum absolute atomic E-state index is 9.41. The summed E-state index contributed by atoms with van der Waals surface area (Å²) in [6, 6.07) is 5.02. The van der Waals surface area contributed by atoms with E-state index in [1.54, 1.807) is 18.2 Å². The van der Waals surface area contributed by atoms with Crippen LogP contribution in [0.25, 0.3) is 0 Å². The van der Waals surface area contributed by atoms with Crippen LogP contribution in [0.1, 0.15) is 11.7 Å². The number of aliphatic hydroxyl groups excluding tert-OH is 1. The van der Waals surface area contributed by atoms with Crippen molar-refractivity contribution in [3.8, 4) is 0 Å². The monoisotopic (exact) mass is 268 g/mol. The molecule has 0 aliphatic heterocycles. The number of rotatable bonds is 2. The minimum Gasteiger partial charge on any atom is -0.388 e. The second kappa shape index (κ2) is 4.47. The number of halogens is 3. The molecule has 1 aromatic rings. The third kappa shape index (κ3) is 2.63. The molecule has 1 atom stereocenters. The molecule has 1 aromatic carbocycles. The van der Waals surface area contributed by atoms with E-state index in [1.807, 2.05) is 0 Å². The summed E-state index contributed by atoms with van der Waals surface area (Å²) in [6.45, 7) is 0. The van der Waals surface area contributed by atoms with Crippen LogP contribution in [0, 0.1) is 0 Å². The third-order valence-corrected chi connectivity index (χ3v) is 2.47. The Morgan fingerprint density at radius 1 is 1.25 bits per heavy atom. The van der Waals surface area contributed by atoms with E-state index in [1.165, 1.54) is 0 Å². The van der Waals surface area contributed by atoms with Crippen LogP contribution in [0.15, 0.2) is 18.2 Å². The summed E-state index contributed by atoms with van der Waals surface area (Å²) >= 11 is 14.6. The van der Waals surface area contributed by atoms with Gasteiger partial charge in [-0.3, -0.25) is 0 Å².